The van der Waals surface area contributed by atoms with Crippen molar-refractivity contribution in [2.24, 2.45) is 5.92 Å². The lowest BCUT2D eigenvalue weighted by Crippen LogP contribution is -2.44. The summed E-state index contributed by atoms with van der Waals surface area (Å²) in [6.07, 6.45) is 8.60. The predicted molar refractivity (Wildman–Crippen MR) is 151 cm³/mol. The van der Waals surface area contributed by atoms with Gasteiger partial charge in [-0.2, -0.15) is 0 Å². The first-order chi connectivity index (χ1) is 17.9. The first-order valence-electron chi connectivity index (χ1n) is 13.2. The molecule has 2 aliphatic rings. The van der Waals surface area contributed by atoms with Gasteiger partial charge in [0.2, 0.25) is 11.9 Å². The summed E-state index contributed by atoms with van der Waals surface area (Å²) in [5.41, 5.74) is 6.45. The number of aryl methyl sites for hydroxylation is 1. The van der Waals surface area contributed by atoms with E-state index in [1.165, 1.54) is 16.8 Å². The number of nitrogens with zero attached hydrogens (tertiary/aromatic N) is 4. The fourth-order valence-corrected chi connectivity index (χ4v) is 5.19. The highest BCUT2D eigenvalue weighted by molar-refractivity contribution is 5.85. The van der Waals surface area contributed by atoms with Crippen LogP contribution in [0.1, 0.15) is 37.3 Å². The third-order valence-corrected chi connectivity index (χ3v) is 7.56. The van der Waals surface area contributed by atoms with Gasteiger partial charge in [-0.3, -0.25) is 4.79 Å². The minimum atomic E-state index is 0.0363. The maximum absolute atomic E-state index is 12.1. The van der Waals surface area contributed by atoms with Gasteiger partial charge >= 0.3 is 0 Å². The Bertz CT molecular complexity index is 1340. The quantitative estimate of drug-likeness (QED) is 0.493. The number of hydrogen-bond acceptors (Lipinski definition) is 6. The number of piperazine rings is 1. The van der Waals surface area contributed by atoms with E-state index in [2.05, 4.69) is 88.8 Å². The number of anilines is 3. The van der Waals surface area contributed by atoms with Crippen LogP contribution < -0.4 is 15.5 Å². The molecule has 3 aromatic rings. The van der Waals surface area contributed by atoms with Crippen LogP contribution in [0.3, 0.4) is 0 Å². The van der Waals surface area contributed by atoms with E-state index >= 15 is 0 Å². The molecule has 1 aliphatic heterocycles. The Morgan fingerprint density at radius 2 is 1.84 bits per heavy atom. The third kappa shape index (κ3) is 5.37. The molecule has 0 saturated carbocycles. The molecule has 0 bridgehead atoms. The molecule has 1 aliphatic carbocycles. The van der Waals surface area contributed by atoms with E-state index in [-0.39, 0.29) is 17.7 Å². The molecule has 1 amide bonds. The highest BCUT2D eigenvalue weighted by atomic mass is 16.1. The molecule has 1 saturated heterocycles. The second-order valence-electron chi connectivity index (χ2n) is 10.1. The minimum absolute atomic E-state index is 0.0363. The molecule has 2 N–H and O–H groups in total. The number of amides is 1. The largest absolute Gasteiger partial charge is 0.369 e. The Morgan fingerprint density at radius 1 is 1.08 bits per heavy atom. The van der Waals surface area contributed by atoms with E-state index in [1.807, 2.05) is 25.3 Å². The minimum Gasteiger partial charge on any atom is -0.369 e. The highest BCUT2D eigenvalue weighted by Crippen LogP contribution is 2.38. The van der Waals surface area contributed by atoms with Crippen LogP contribution in [0.15, 0.2) is 66.5 Å². The molecular formula is C30H36N6O. The summed E-state index contributed by atoms with van der Waals surface area (Å²) < 4.78 is 0. The Morgan fingerprint density at radius 3 is 2.57 bits per heavy atom. The molecule has 2 unspecified atom stereocenters. The fraction of sp³-hybridized carbons (Fsp3) is 0.367. The normalized spacial score (nSPS) is 20.1. The van der Waals surface area contributed by atoms with Crippen molar-refractivity contribution in [1.29, 1.82) is 0 Å². The number of hydrogen-bond donors (Lipinski definition) is 2. The van der Waals surface area contributed by atoms with Crippen LogP contribution in [0.5, 0.6) is 0 Å². The molecule has 192 valence electrons. The van der Waals surface area contributed by atoms with Crippen LogP contribution in [0, 0.1) is 12.8 Å². The van der Waals surface area contributed by atoms with Crippen molar-refractivity contribution in [2.75, 3.05) is 43.4 Å². The van der Waals surface area contributed by atoms with Gasteiger partial charge in [0.1, 0.15) is 0 Å². The molecule has 7 heteroatoms. The molecule has 2 aromatic carbocycles. The summed E-state index contributed by atoms with van der Waals surface area (Å²) in [4.78, 5) is 26.5. The van der Waals surface area contributed by atoms with Crippen molar-refractivity contribution >= 4 is 34.1 Å². The maximum atomic E-state index is 12.1. The topological polar surface area (TPSA) is 73.4 Å². The van der Waals surface area contributed by atoms with Crippen LogP contribution in [0.4, 0.5) is 17.3 Å². The van der Waals surface area contributed by atoms with Crippen LogP contribution >= 0.6 is 0 Å². The van der Waals surface area contributed by atoms with E-state index in [9.17, 15) is 4.79 Å². The molecule has 2 atom stereocenters. The number of nitrogens with one attached hydrogen (secondary N) is 2. The van der Waals surface area contributed by atoms with Gasteiger partial charge in [-0.25, -0.2) is 9.97 Å². The molecule has 2 heterocycles. The Hall–Kier alpha value is -3.71. The Balaban J connectivity index is 1.40. The average Bonchev–Trinajstić information content (AvgIpc) is 2.91. The van der Waals surface area contributed by atoms with E-state index in [4.69, 9.17) is 4.98 Å². The highest BCUT2D eigenvalue weighted by Gasteiger charge is 2.27. The average molecular weight is 497 g/mol. The van der Waals surface area contributed by atoms with Crippen LogP contribution in [0.2, 0.25) is 0 Å². The van der Waals surface area contributed by atoms with Crippen molar-refractivity contribution in [3.05, 3.63) is 77.6 Å². The standard InChI is InChI=1S/C30H36N6O/c1-5-27(37)33-26-8-6-7-25(21(26)3)28-20(2)9-10-22-19-31-30(34-29(22)28)32-23-11-13-24(14-12-23)36-17-15-35(4)16-18-36/h6-14,19,21,25H,5,15-18H2,1-4H3,(H,33,37)(H,31,32,34). The van der Waals surface area contributed by atoms with Crippen LogP contribution in [-0.4, -0.2) is 54.0 Å². The zero-order valence-electron chi connectivity index (χ0n) is 22.2. The molecule has 5 rings (SSSR count). The molecule has 0 spiro atoms. The molecule has 1 aromatic heterocycles. The van der Waals surface area contributed by atoms with E-state index in [0.29, 0.717) is 12.4 Å². The van der Waals surface area contributed by atoms with Gasteiger partial charge in [-0.1, -0.05) is 38.1 Å². The first-order valence-corrected chi connectivity index (χ1v) is 13.2. The molecule has 0 radical (unpaired) electrons. The lowest BCUT2D eigenvalue weighted by Gasteiger charge is -2.34. The summed E-state index contributed by atoms with van der Waals surface area (Å²) in [7, 11) is 2.17. The van der Waals surface area contributed by atoms with Gasteiger partial charge in [-0.05, 0) is 55.4 Å². The number of rotatable bonds is 6. The summed E-state index contributed by atoms with van der Waals surface area (Å²) in [6.45, 7) is 10.4. The predicted octanol–water partition coefficient (Wildman–Crippen LogP) is 5.13. The van der Waals surface area contributed by atoms with Gasteiger partial charge in [0, 0.05) is 73.1 Å². The zero-order chi connectivity index (χ0) is 25.9. The van der Waals surface area contributed by atoms with Crippen molar-refractivity contribution in [1.82, 2.24) is 20.2 Å². The Labute approximate surface area is 219 Å². The number of allylic oxidation sites excluding steroid dienone is 4. The fourth-order valence-electron chi connectivity index (χ4n) is 5.19. The molecule has 1 fully saturated rings. The zero-order valence-corrected chi connectivity index (χ0v) is 22.2. The maximum Gasteiger partial charge on any atom is 0.227 e. The van der Waals surface area contributed by atoms with Gasteiger partial charge in [0.05, 0.1) is 5.52 Å². The number of carbonyl (C=O) groups is 1. The number of likely N-dealkylation sites (N-methyl/N-ethyl adjacent to an activating group) is 1. The smallest absolute Gasteiger partial charge is 0.227 e. The lowest BCUT2D eigenvalue weighted by molar-refractivity contribution is -0.120. The molecular weight excluding hydrogens is 460 g/mol. The van der Waals surface area contributed by atoms with Crippen LogP contribution in [0.25, 0.3) is 10.9 Å². The summed E-state index contributed by atoms with van der Waals surface area (Å²) in [6, 6.07) is 12.7. The molecule has 37 heavy (non-hydrogen) atoms. The van der Waals surface area contributed by atoms with Crippen molar-refractivity contribution in [2.45, 2.75) is 33.1 Å². The van der Waals surface area contributed by atoms with Gasteiger partial charge in [0.25, 0.3) is 0 Å². The number of fused-ring (bicyclic) bond motifs is 1. The van der Waals surface area contributed by atoms with Crippen molar-refractivity contribution in [3.63, 3.8) is 0 Å². The van der Waals surface area contributed by atoms with Gasteiger partial charge < -0.3 is 20.4 Å². The monoisotopic (exact) mass is 496 g/mol. The van der Waals surface area contributed by atoms with Crippen molar-refractivity contribution in [3.8, 4) is 0 Å². The van der Waals surface area contributed by atoms with E-state index in [0.717, 1.165) is 48.5 Å². The van der Waals surface area contributed by atoms with Crippen molar-refractivity contribution < 1.29 is 4.79 Å². The summed E-state index contributed by atoms with van der Waals surface area (Å²) in [5.74, 6) is 0.841. The SMILES string of the molecule is CCC(=O)NC1=CC=CC(c2c(C)ccc3cnc(Nc4ccc(N5CCN(C)CC5)cc4)nc23)C1C. The van der Waals surface area contributed by atoms with E-state index in [1.54, 1.807) is 0 Å². The van der Waals surface area contributed by atoms with Gasteiger partial charge in [-0.15, -0.1) is 0 Å². The third-order valence-electron chi connectivity index (χ3n) is 7.56. The number of aromatic nitrogens is 2. The summed E-state index contributed by atoms with van der Waals surface area (Å²) >= 11 is 0. The summed E-state index contributed by atoms with van der Waals surface area (Å²) in [5, 5.41) is 7.49. The second-order valence-corrected chi connectivity index (χ2v) is 10.1. The number of benzene rings is 2. The van der Waals surface area contributed by atoms with E-state index < -0.39 is 0 Å². The second kappa shape index (κ2) is 10.7. The number of carbonyl (C=O) groups excluding carboxylic acids is 1. The van der Waals surface area contributed by atoms with Crippen LogP contribution in [-0.2, 0) is 4.79 Å². The lowest BCUT2D eigenvalue weighted by atomic mass is 9.79. The Kier molecular flexibility index (Phi) is 7.24. The first kappa shape index (κ1) is 25.0. The van der Waals surface area contributed by atoms with Gasteiger partial charge in [0.15, 0.2) is 0 Å². The molecule has 7 nitrogen and oxygen atoms in total.